The molecule has 188 valence electrons. The van der Waals surface area contributed by atoms with E-state index >= 15 is 0 Å². The number of fused-ring (bicyclic) bond motifs is 1. The molecule has 1 amide bonds. The van der Waals surface area contributed by atoms with Gasteiger partial charge in [0.1, 0.15) is 23.3 Å². The number of aliphatic carboxylic acids is 1. The molecule has 1 atom stereocenters. The monoisotopic (exact) mass is 494 g/mol. The fraction of sp³-hybridized carbons (Fsp3) is 0.455. The Morgan fingerprint density at radius 1 is 1.14 bits per heavy atom. The fourth-order valence-corrected chi connectivity index (χ4v) is 4.13. The molecule has 0 radical (unpaired) electrons. The lowest BCUT2D eigenvalue weighted by Crippen LogP contribution is -2.43. The molecule has 0 bridgehead atoms. The van der Waals surface area contributed by atoms with E-state index in [2.05, 4.69) is 32.7 Å². The van der Waals surface area contributed by atoms with Gasteiger partial charge in [-0.2, -0.15) is 18.3 Å². The lowest BCUT2D eigenvalue weighted by molar-refractivity contribution is -0.192. The van der Waals surface area contributed by atoms with Crippen LogP contribution in [0.2, 0.25) is 0 Å². The van der Waals surface area contributed by atoms with Crippen molar-refractivity contribution in [1.82, 2.24) is 24.1 Å². The van der Waals surface area contributed by atoms with Gasteiger partial charge in [-0.3, -0.25) is 13.9 Å². The zero-order valence-corrected chi connectivity index (χ0v) is 19.0. The normalized spacial score (nSPS) is 18.5. The molecule has 1 unspecified atom stereocenters. The molecule has 3 aromatic rings. The smallest absolute Gasteiger partial charge is 0.475 e. The SMILES string of the molecule is Cn1nccc1C(=O)N1CCOC(c2cn3c(N4CCCC4)cccc3n2)C1.O=C(O)C(F)(F)F. The standard InChI is InChI=1S/C20H24N6O2.C2HF3O2/c1-23-16(7-8-21-23)20(27)25-11-12-28-17(14-25)15-13-26-18(22-15)5-4-6-19(26)24-9-2-3-10-24;3-2(4,5)1(6)7/h4-8,13,17H,2-3,9-12,14H2,1H3;(H,6,7). The van der Waals surface area contributed by atoms with Crippen LogP contribution in [0.1, 0.15) is 35.1 Å². The van der Waals surface area contributed by atoms with Gasteiger partial charge in [-0.05, 0) is 31.0 Å². The number of aromatic nitrogens is 4. The van der Waals surface area contributed by atoms with E-state index in [1.807, 2.05) is 11.0 Å². The number of anilines is 1. The number of ether oxygens (including phenoxy) is 1. The number of hydrogen-bond acceptors (Lipinski definition) is 6. The molecule has 3 aromatic heterocycles. The average molecular weight is 494 g/mol. The zero-order valence-electron chi connectivity index (χ0n) is 19.0. The summed E-state index contributed by atoms with van der Waals surface area (Å²) in [6, 6.07) is 7.97. The number of halogens is 3. The molecule has 1 N–H and O–H groups in total. The number of carboxylic acid groups (broad SMARTS) is 1. The van der Waals surface area contributed by atoms with Crippen molar-refractivity contribution in [1.29, 1.82) is 0 Å². The second-order valence-electron chi connectivity index (χ2n) is 8.23. The number of morpholine rings is 1. The molecule has 2 fully saturated rings. The van der Waals surface area contributed by atoms with Crippen molar-refractivity contribution in [2.45, 2.75) is 25.1 Å². The van der Waals surface area contributed by atoms with E-state index in [0.29, 0.717) is 25.4 Å². The summed E-state index contributed by atoms with van der Waals surface area (Å²) in [5.41, 5.74) is 2.37. The summed E-state index contributed by atoms with van der Waals surface area (Å²) in [4.78, 5) is 30.8. The van der Waals surface area contributed by atoms with Crippen molar-refractivity contribution in [2.24, 2.45) is 7.05 Å². The van der Waals surface area contributed by atoms with Crippen LogP contribution in [0.25, 0.3) is 5.65 Å². The second kappa shape index (κ2) is 9.94. The maximum atomic E-state index is 12.8. The lowest BCUT2D eigenvalue weighted by Gasteiger charge is -2.32. The molecule has 5 heterocycles. The Labute approximate surface area is 198 Å². The van der Waals surface area contributed by atoms with Crippen molar-refractivity contribution < 1.29 is 32.6 Å². The third-order valence-corrected chi connectivity index (χ3v) is 5.89. The number of pyridine rings is 1. The average Bonchev–Trinajstić information content (AvgIpc) is 3.59. The van der Waals surface area contributed by atoms with Crippen LogP contribution in [0.3, 0.4) is 0 Å². The first-order valence-electron chi connectivity index (χ1n) is 11.1. The molecule has 0 saturated carbocycles. The Balaban J connectivity index is 0.000000364. The van der Waals surface area contributed by atoms with Gasteiger partial charge in [0, 0.05) is 39.1 Å². The Morgan fingerprint density at radius 3 is 2.49 bits per heavy atom. The largest absolute Gasteiger partial charge is 0.490 e. The van der Waals surface area contributed by atoms with E-state index in [1.54, 1.807) is 24.0 Å². The number of nitrogens with zero attached hydrogens (tertiary/aromatic N) is 6. The molecular formula is C22H25F3N6O4. The van der Waals surface area contributed by atoms with Crippen molar-refractivity contribution in [3.05, 3.63) is 48.0 Å². The number of hydrogen-bond donors (Lipinski definition) is 1. The summed E-state index contributed by atoms with van der Waals surface area (Å²) in [6.07, 6.45) is 0.861. The number of carbonyl (C=O) groups is 2. The fourth-order valence-electron chi connectivity index (χ4n) is 4.13. The van der Waals surface area contributed by atoms with Crippen LogP contribution in [-0.2, 0) is 16.6 Å². The van der Waals surface area contributed by atoms with Gasteiger partial charge < -0.3 is 19.6 Å². The number of rotatable bonds is 3. The summed E-state index contributed by atoms with van der Waals surface area (Å²) in [7, 11) is 1.78. The molecule has 0 spiro atoms. The highest BCUT2D eigenvalue weighted by molar-refractivity contribution is 5.92. The van der Waals surface area contributed by atoms with Crippen LogP contribution in [0.5, 0.6) is 0 Å². The van der Waals surface area contributed by atoms with Crippen LogP contribution in [0, 0.1) is 0 Å². The maximum Gasteiger partial charge on any atom is 0.490 e. The van der Waals surface area contributed by atoms with Crippen LogP contribution in [0.15, 0.2) is 36.7 Å². The molecule has 2 aliphatic heterocycles. The van der Waals surface area contributed by atoms with Gasteiger partial charge in [-0.15, -0.1) is 0 Å². The summed E-state index contributed by atoms with van der Waals surface area (Å²) >= 11 is 0. The van der Waals surface area contributed by atoms with E-state index in [4.69, 9.17) is 19.6 Å². The molecule has 0 aliphatic carbocycles. The van der Waals surface area contributed by atoms with E-state index in [-0.39, 0.29) is 12.0 Å². The van der Waals surface area contributed by atoms with Crippen LogP contribution < -0.4 is 4.90 Å². The second-order valence-corrected chi connectivity index (χ2v) is 8.23. The van der Waals surface area contributed by atoms with E-state index in [1.165, 1.54) is 18.7 Å². The molecule has 2 saturated heterocycles. The number of aryl methyl sites for hydroxylation is 1. The van der Waals surface area contributed by atoms with Gasteiger partial charge in [-0.25, -0.2) is 9.78 Å². The topological polar surface area (TPSA) is 105 Å². The van der Waals surface area contributed by atoms with Gasteiger partial charge in [0.2, 0.25) is 0 Å². The Hall–Kier alpha value is -3.61. The minimum absolute atomic E-state index is 0.0187. The Morgan fingerprint density at radius 2 is 1.86 bits per heavy atom. The summed E-state index contributed by atoms with van der Waals surface area (Å²) in [5.74, 6) is -1.60. The predicted octanol–water partition coefficient (Wildman–Crippen LogP) is 2.51. The first-order chi connectivity index (χ1) is 16.6. The Kier molecular flexibility index (Phi) is 6.96. The molecule has 13 heteroatoms. The van der Waals surface area contributed by atoms with Crippen molar-refractivity contribution in [3.63, 3.8) is 0 Å². The molecule has 5 rings (SSSR count). The molecule has 10 nitrogen and oxygen atoms in total. The number of amides is 1. The van der Waals surface area contributed by atoms with Crippen LogP contribution >= 0.6 is 0 Å². The van der Waals surface area contributed by atoms with Crippen molar-refractivity contribution >= 4 is 23.3 Å². The zero-order chi connectivity index (χ0) is 25.2. The van der Waals surface area contributed by atoms with E-state index < -0.39 is 12.1 Å². The quantitative estimate of drug-likeness (QED) is 0.597. The molecule has 35 heavy (non-hydrogen) atoms. The minimum Gasteiger partial charge on any atom is -0.475 e. The highest BCUT2D eigenvalue weighted by Gasteiger charge is 2.38. The van der Waals surface area contributed by atoms with Gasteiger partial charge in [0.15, 0.2) is 0 Å². The highest BCUT2D eigenvalue weighted by Crippen LogP contribution is 2.27. The van der Waals surface area contributed by atoms with Crippen molar-refractivity contribution in [2.75, 3.05) is 37.7 Å². The van der Waals surface area contributed by atoms with Gasteiger partial charge >= 0.3 is 12.1 Å². The Bertz CT molecular complexity index is 1200. The maximum absolute atomic E-state index is 12.8. The van der Waals surface area contributed by atoms with Crippen molar-refractivity contribution in [3.8, 4) is 0 Å². The number of alkyl halides is 3. The number of carbonyl (C=O) groups excluding carboxylic acids is 1. The molecule has 0 aromatic carbocycles. The van der Waals surface area contributed by atoms with Gasteiger partial charge in [0.25, 0.3) is 5.91 Å². The van der Waals surface area contributed by atoms with Gasteiger partial charge in [0.05, 0.1) is 18.8 Å². The summed E-state index contributed by atoms with van der Waals surface area (Å²) in [6.45, 7) is 3.74. The van der Waals surface area contributed by atoms with E-state index in [9.17, 15) is 18.0 Å². The third-order valence-electron chi connectivity index (χ3n) is 5.89. The van der Waals surface area contributed by atoms with E-state index in [0.717, 1.165) is 24.4 Å². The first-order valence-corrected chi connectivity index (χ1v) is 11.1. The lowest BCUT2D eigenvalue weighted by atomic mass is 10.2. The first kappa shape index (κ1) is 24.5. The minimum atomic E-state index is -5.08. The number of imidazole rings is 1. The molecule has 2 aliphatic rings. The summed E-state index contributed by atoms with van der Waals surface area (Å²) < 4.78 is 41.5. The van der Waals surface area contributed by atoms with Crippen LogP contribution in [-0.4, -0.2) is 80.0 Å². The van der Waals surface area contributed by atoms with Gasteiger partial charge in [-0.1, -0.05) is 6.07 Å². The highest BCUT2D eigenvalue weighted by atomic mass is 19.4. The molecular weight excluding hydrogens is 469 g/mol. The number of carboxylic acids is 1. The predicted molar refractivity (Wildman–Crippen MR) is 118 cm³/mol. The summed E-state index contributed by atoms with van der Waals surface area (Å²) in [5, 5.41) is 11.2. The van der Waals surface area contributed by atoms with Crippen LogP contribution in [0.4, 0.5) is 19.0 Å². The third kappa shape index (κ3) is 5.39.